The second-order valence-corrected chi connectivity index (χ2v) is 5.31. The molecule has 0 radical (unpaired) electrons. The van der Waals surface area contributed by atoms with E-state index < -0.39 is 11.9 Å². The molecule has 1 rings (SSSR count). The molecule has 0 spiro atoms. The number of aliphatic carboxylic acids is 1. The zero-order valence-corrected chi connectivity index (χ0v) is 12.6. The van der Waals surface area contributed by atoms with Crippen LogP contribution in [0.3, 0.4) is 0 Å². The molecule has 1 amide bonds. The van der Waals surface area contributed by atoms with Crippen molar-refractivity contribution in [2.45, 2.75) is 39.5 Å². The van der Waals surface area contributed by atoms with Crippen molar-refractivity contribution < 1.29 is 14.7 Å². The van der Waals surface area contributed by atoms with E-state index in [2.05, 4.69) is 10.9 Å². The smallest absolute Gasteiger partial charge is 0.306 e. The van der Waals surface area contributed by atoms with E-state index in [1.54, 1.807) is 0 Å². The lowest BCUT2D eigenvalue weighted by Gasteiger charge is -2.19. The molecular formula is C16H24N2O3. The minimum atomic E-state index is -0.820. The second kappa shape index (κ2) is 9.00. The summed E-state index contributed by atoms with van der Waals surface area (Å²) >= 11 is 0. The highest BCUT2D eigenvalue weighted by Crippen LogP contribution is 2.22. The molecule has 0 aliphatic carbocycles. The topological polar surface area (TPSA) is 78.4 Å². The van der Waals surface area contributed by atoms with Gasteiger partial charge in [-0.05, 0) is 24.5 Å². The van der Waals surface area contributed by atoms with Crippen LogP contribution in [0.15, 0.2) is 30.3 Å². The summed E-state index contributed by atoms with van der Waals surface area (Å²) < 4.78 is 0. The molecule has 5 nitrogen and oxygen atoms in total. The van der Waals surface area contributed by atoms with Crippen LogP contribution >= 0.6 is 0 Å². The van der Waals surface area contributed by atoms with Crippen LogP contribution in [0.5, 0.6) is 0 Å². The maximum absolute atomic E-state index is 11.9. The summed E-state index contributed by atoms with van der Waals surface area (Å²) in [6.07, 6.45) is 2.64. The van der Waals surface area contributed by atoms with Gasteiger partial charge in [0.15, 0.2) is 0 Å². The maximum Gasteiger partial charge on any atom is 0.306 e. The van der Waals surface area contributed by atoms with E-state index in [-0.39, 0.29) is 18.2 Å². The Labute approximate surface area is 125 Å². The zero-order chi connectivity index (χ0) is 15.7. The molecule has 21 heavy (non-hydrogen) atoms. The highest BCUT2D eigenvalue weighted by Gasteiger charge is 2.25. The predicted molar refractivity (Wildman–Crippen MR) is 82.6 cm³/mol. The third-order valence-corrected chi connectivity index (χ3v) is 3.50. The lowest BCUT2D eigenvalue weighted by Crippen LogP contribution is -2.33. The number of carbonyl (C=O) groups is 2. The quantitative estimate of drug-likeness (QED) is 0.611. The molecule has 0 unspecified atom stereocenters. The van der Waals surface area contributed by atoms with Gasteiger partial charge in [0.05, 0.1) is 11.6 Å². The van der Waals surface area contributed by atoms with Gasteiger partial charge in [-0.2, -0.15) is 0 Å². The van der Waals surface area contributed by atoms with E-state index in [1.165, 1.54) is 0 Å². The Morgan fingerprint density at radius 3 is 2.48 bits per heavy atom. The minimum Gasteiger partial charge on any atom is -0.481 e. The average molecular weight is 292 g/mol. The van der Waals surface area contributed by atoms with Gasteiger partial charge in [0, 0.05) is 6.42 Å². The van der Waals surface area contributed by atoms with Crippen molar-refractivity contribution in [2.75, 3.05) is 5.43 Å². The molecule has 116 valence electrons. The molecular weight excluding hydrogens is 268 g/mol. The number of anilines is 1. The SMILES string of the molecule is CCCC[C@@H](C(=O)O)[C@@H](C)CC(=O)NNc1ccccc1. The fourth-order valence-electron chi connectivity index (χ4n) is 2.22. The van der Waals surface area contributed by atoms with E-state index >= 15 is 0 Å². The van der Waals surface area contributed by atoms with Crippen molar-refractivity contribution in [3.8, 4) is 0 Å². The molecule has 0 aliphatic heterocycles. The predicted octanol–water partition coefficient (Wildman–Crippen LogP) is 3.05. The monoisotopic (exact) mass is 292 g/mol. The summed E-state index contributed by atoms with van der Waals surface area (Å²) in [6.45, 7) is 3.84. The number of carbonyl (C=O) groups excluding carboxylic acids is 1. The normalized spacial score (nSPS) is 13.2. The van der Waals surface area contributed by atoms with Crippen molar-refractivity contribution in [1.29, 1.82) is 0 Å². The lowest BCUT2D eigenvalue weighted by molar-refractivity contribution is -0.144. The number of rotatable bonds is 9. The van der Waals surface area contributed by atoms with E-state index in [0.717, 1.165) is 18.5 Å². The Balaban J connectivity index is 2.42. The van der Waals surface area contributed by atoms with Gasteiger partial charge in [-0.3, -0.25) is 20.4 Å². The van der Waals surface area contributed by atoms with Crippen molar-refractivity contribution in [3.05, 3.63) is 30.3 Å². The average Bonchev–Trinajstić information content (AvgIpc) is 2.46. The molecule has 3 N–H and O–H groups in total. The second-order valence-electron chi connectivity index (χ2n) is 5.31. The molecule has 0 saturated heterocycles. The maximum atomic E-state index is 11.9. The molecule has 0 bridgehead atoms. The Morgan fingerprint density at radius 2 is 1.90 bits per heavy atom. The standard InChI is InChI=1S/C16H24N2O3/c1-3-4-10-14(16(20)21)12(2)11-15(19)18-17-13-8-6-5-7-9-13/h5-9,12,14,17H,3-4,10-11H2,1-2H3,(H,18,19)(H,20,21)/t12-,14+/m0/s1. The summed E-state index contributed by atoms with van der Waals surface area (Å²) in [5, 5.41) is 9.24. The molecule has 0 fully saturated rings. The van der Waals surface area contributed by atoms with Gasteiger partial charge in [0.1, 0.15) is 0 Å². The molecule has 1 aromatic rings. The molecule has 1 aromatic carbocycles. The van der Waals surface area contributed by atoms with Gasteiger partial charge in [-0.15, -0.1) is 0 Å². The van der Waals surface area contributed by atoms with Gasteiger partial charge in [0.25, 0.3) is 0 Å². The van der Waals surface area contributed by atoms with Crippen LogP contribution in [-0.4, -0.2) is 17.0 Å². The molecule has 0 aliphatic rings. The van der Waals surface area contributed by atoms with Crippen LogP contribution in [0.2, 0.25) is 0 Å². The first-order valence-electron chi connectivity index (χ1n) is 7.37. The number of nitrogens with one attached hydrogen (secondary N) is 2. The number of carboxylic acids is 1. The first-order chi connectivity index (χ1) is 10.0. The number of unbranched alkanes of at least 4 members (excludes halogenated alkanes) is 1. The third-order valence-electron chi connectivity index (χ3n) is 3.50. The van der Waals surface area contributed by atoms with Crippen molar-refractivity contribution in [3.63, 3.8) is 0 Å². The fourth-order valence-corrected chi connectivity index (χ4v) is 2.22. The van der Waals surface area contributed by atoms with Gasteiger partial charge in [-0.25, -0.2) is 0 Å². The van der Waals surface area contributed by atoms with Gasteiger partial charge >= 0.3 is 5.97 Å². The molecule has 0 heterocycles. The number of hydrazine groups is 1. The van der Waals surface area contributed by atoms with Crippen molar-refractivity contribution in [2.24, 2.45) is 11.8 Å². The van der Waals surface area contributed by atoms with Crippen LogP contribution in [0.25, 0.3) is 0 Å². The van der Waals surface area contributed by atoms with Crippen LogP contribution in [0, 0.1) is 11.8 Å². The number of carboxylic acid groups (broad SMARTS) is 1. The van der Waals surface area contributed by atoms with Gasteiger partial charge in [-0.1, -0.05) is 44.9 Å². The highest BCUT2D eigenvalue weighted by molar-refractivity contribution is 5.79. The van der Waals surface area contributed by atoms with Crippen LogP contribution in [0.4, 0.5) is 5.69 Å². The summed E-state index contributed by atoms with van der Waals surface area (Å²) in [7, 11) is 0. The third kappa shape index (κ3) is 6.29. The van der Waals surface area contributed by atoms with Crippen LogP contribution in [0.1, 0.15) is 39.5 Å². The minimum absolute atomic E-state index is 0.188. The highest BCUT2D eigenvalue weighted by atomic mass is 16.4. The fraction of sp³-hybridized carbons (Fsp3) is 0.500. The summed E-state index contributed by atoms with van der Waals surface area (Å²) in [5.74, 6) is -1.67. The molecule has 0 aromatic heterocycles. The van der Waals surface area contributed by atoms with E-state index in [0.29, 0.717) is 6.42 Å². The van der Waals surface area contributed by atoms with Crippen molar-refractivity contribution >= 4 is 17.6 Å². The Bertz CT molecular complexity index is 448. The van der Waals surface area contributed by atoms with Crippen molar-refractivity contribution in [1.82, 2.24) is 5.43 Å². The Hall–Kier alpha value is -2.04. The molecule has 5 heteroatoms. The van der Waals surface area contributed by atoms with E-state index in [1.807, 2.05) is 44.2 Å². The number of amides is 1. The Morgan fingerprint density at radius 1 is 1.24 bits per heavy atom. The summed E-state index contributed by atoms with van der Waals surface area (Å²) in [4.78, 5) is 23.1. The molecule has 0 saturated carbocycles. The first kappa shape index (κ1) is 17.0. The first-order valence-corrected chi connectivity index (χ1v) is 7.37. The zero-order valence-electron chi connectivity index (χ0n) is 12.6. The van der Waals surface area contributed by atoms with E-state index in [4.69, 9.17) is 0 Å². The lowest BCUT2D eigenvalue weighted by atomic mass is 9.87. The van der Waals surface area contributed by atoms with E-state index in [9.17, 15) is 14.7 Å². The van der Waals surface area contributed by atoms with Gasteiger partial charge in [0.2, 0.25) is 5.91 Å². The number of para-hydroxylation sites is 1. The van der Waals surface area contributed by atoms with Crippen LogP contribution in [-0.2, 0) is 9.59 Å². The number of benzene rings is 1. The molecule has 2 atom stereocenters. The summed E-state index contributed by atoms with van der Waals surface area (Å²) in [5.41, 5.74) is 6.20. The number of hydrogen-bond acceptors (Lipinski definition) is 3. The van der Waals surface area contributed by atoms with Crippen LogP contribution < -0.4 is 10.9 Å². The Kier molecular flexibility index (Phi) is 7.29. The number of hydrogen-bond donors (Lipinski definition) is 3. The largest absolute Gasteiger partial charge is 0.481 e. The van der Waals surface area contributed by atoms with Gasteiger partial charge < -0.3 is 5.11 Å². The summed E-state index contributed by atoms with van der Waals surface area (Å²) in [6, 6.07) is 9.29.